The molecular formula is C10H24N2O3S. The zero-order valence-electron chi connectivity index (χ0n) is 10.7. The van der Waals surface area contributed by atoms with Gasteiger partial charge in [-0.05, 0) is 26.8 Å². The van der Waals surface area contributed by atoms with Crippen LogP contribution in [0.4, 0.5) is 0 Å². The molecule has 0 amide bonds. The van der Waals surface area contributed by atoms with E-state index < -0.39 is 10.0 Å². The molecule has 6 heteroatoms. The van der Waals surface area contributed by atoms with Crippen LogP contribution in [0.3, 0.4) is 0 Å². The van der Waals surface area contributed by atoms with Gasteiger partial charge < -0.3 is 10.1 Å². The Morgan fingerprint density at radius 3 is 2.38 bits per heavy atom. The molecule has 0 heterocycles. The maximum atomic E-state index is 11.3. The second-order valence-electron chi connectivity index (χ2n) is 4.28. The first-order valence-corrected chi connectivity index (χ1v) is 7.21. The minimum atomic E-state index is -3.10. The molecule has 5 nitrogen and oxygen atoms in total. The highest BCUT2D eigenvalue weighted by molar-refractivity contribution is 7.89. The average molecular weight is 252 g/mol. The Balaban J connectivity index is 3.62. The monoisotopic (exact) mass is 252 g/mol. The number of methoxy groups -OCH3 is 1. The van der Waals surface area contributed by atoms with Gasteiger partial charge in [-0.1, -0.05) is 6.92 Å². The van der Waals surface area contributed by atoms with Crippen molar-refractivity contribution in [3.63, 3.8) is 0 Å². The molecular weight excluding hydrogens is 228 g/mol. The summed E-state index contributed by atoms with van der Waals surface area (Å²) in [6.07, 6.45) is 0.852. The van der Waals surface area contributed by atoms with E-state index in [1.165, 1.54) is 0 Å². The number of ether oxygens (including phenoxy) is 1. The van der Waals surface area contributed by atoms with Crippen LogP contribution in [0.5, 0.6) is 0 Å². The Labute approximate surface area is 99.0 Å². The molecule has 0 spiro atoms. The fourth-order valence-electron chi connectivity index (χ4n) is 1.12. The first kappa shape index (κ1) is 15.8. The Kier molecular flexibility index (Phi) is 7.14. The molecule has 0 aromatic heterocycles. The van der Waals surface area contributed by atoms with E-state index >= 15 is 0 Å². The lowest BCUT2D eigenvalue weighted by Crippen LogP contribution is -2.34. The molecule has 2 N–H and O–H groups in total. The van der Waals surface area contributed by atoms with Gasteiger partial charge in [0, 0.05) is 20.2 Å². The minimum absolute atomic E-state index is 0.119. The molecule has 0 saturated carbocycles. The van der Waals surface area contributed by atoms with Gasteiger partial charge in [-0.25, -0.2) is 13.1 Å². The third-order valence-corrected chi connectivity index (χ3v) is 3.84. The number of hydrogen-bond acceptors (Lipinski definition) is 4. The van der Waals surface area contributed by atoms with E-state index in [1.54, 1.807) is 14.0 Å². The van der Waals surface area contributed by atoms with E-state index in [0.29, 0.717) is 13.1 Å². The van der Waals surface area contributed by atoms with Gasteiger partial charge in [0.15, 0.2) is 0 Å². The van der Waals surface area contributed by atoms with Crippen molar-refractivity contribution in [2.45, 2.75) is 32.8 Å². The van der Waals surface area contributed by atoms with Gasteiger partial charge in [0.25, 0.3) is 0 Å². The fraction of sp³-hybridized carbons (Fsp3) is 1.00. The van der Waals surface area contributed by atoms with Crippen molar-refractivity contribution < 1.29 is 13.2 Å². The van der Waals surface area contributed by atoms with Crippen molar-refractivity contribution in [1.82, 2.24) is 10.0 Å². The zero-order chi connectivity index (χ0) is 12.7. The Hall–Kier alpha value is -0.170. The molecule has 0 saturated heterocycles. The summed E-state index contributed by atoms with van der Waals surface area (Å²) in [5.41, 5.74) is -0.159. The smallest absolute Gasteiger partial charge is 0.212 e. The largest absolute Gasteiger partial charge is 0.379 e. The van der Waals surface area contributed by atoms with Crippen molar-refractivity contribution in [2.75, 3.05) is 32.5 Å². The van der Waals surface area contributed by atoms with E-state index in [1.807, 2.05) is 13.8 Å². The summed E-state index contributed by atoms with van der Waals surface area (Å²) in [4.78, 5) is 0. The van der Waals surface area contributed by atoms with Crippen LogP contribution < -0.4 is 10.0 Å². The van der Waals surface area contributed by atoms with Gasteiger partial charge in [0.1, 0.15) is 0 Å². The lowest BCUT2D eigenvalue weighted by atomic mass is 10.1. The molecule has 0 fully saturated rings. The van der Waals surface area contributed by atoms with Crippen LogP contribution in [0.2, 0.25) is 0 Å². The lowest BCUT2D eigenvalue weighted by Gasteiger charge is -2.22. The predicted octanol–water partition coefficient (Wildman–Crippen LogP) is 0.330. The van der Waals surface area contributed by atoms with Crippen molar-refractivity contribution in [3.8, 4) is 0 Å². The summed E-state index contributed by atoms with van der Waals surface area (Å²) in [5.74, 6) is 0.119. The molecule has 0 aliphatic heterocycles. The van der Waals surface area contributed by atoms with Gasteiger partial charge >= 0.3 is 0 Å². The number of hydrogen-bond donors (Lipinski definition) is 2. The van der Waals surface area contributed by atoms with Gasteiger partial charge in [-0.3, -0.25) is 0 Å². The maximum Gasteiger partial charge on any atom is 0.212 e. The van der Waals surface area contributed by atoms with Gasteiger partial charge in [0.05, 0.1) is 11.4 Å². The molecule has 0 aliphatic carbocycles. The SMILES string of the molecule is CCNS(=O)(=O)CCNCCC(C)(C)OC. The van der Waals surface area contributed by atoms with E-state index in [2.05, 4.69) is 10.0 Å². The van der Waals surface area contributed by atoms with Crippen LogP contribution in [-0.2, 0) is 14.8 Å². The van der Waals surface area contributed by atoms with Gasteiger partial charge in [-0.2, -0.15) is 0 Å². The number of rotatable bonds is 9. The summed E-state index contributed by atoms with van der Waals surface area (Å²) in [6, 6.07) is 0. The second kappa shape index (κ2) is 7.21. The Bertz CT molecular complexity index is 276. The summed E-state index contributed by atoms with van der Waals surface area (Å²) < 4.78 is 30.2. The maximum absolute atomic E-state index is 11.3. The lowest BCUT2D eigenvalue weighted by molar-refractivity contribution is 0.0160. The first-order valence-electron chi connectivity index (χ1n) is 5.56. The highest BCUT2D eigenvalue weighted by atomic mass is 32.2. The normalized spacial score (nSPS) is 13.0. The fourth-order valence-corrected chi connectivity index (χ4v) is 2.11. The predicted molar refractivity (Wildman–Crippen MR) is 66.0 cm³/mol. The minimum Gasteiger partial charge on any atom is -0.379 e. The molecule has 0 radical (unpaired) electrons. The van der Waals surface area contributed by atoms with E-state index in [0.717, 1.165) is 13.0 Å². The molecule has 16 heavy (non-hydrogen) atoms. The number of nitrogens with one attached hydrogen (secondary N) is 2. The van der Waals surface area contributed by atoms with Gasteiger partial charge in [-0.15, -0.1) is 0 Å². The summed E-state index contributed by atoms with van der Waals surface area (Å²) >= 11 is 0. The standard InChI is InChI=1S/C10H24N2O3S/c1-5-12-16(13,14)9-8-11-7-6-10(2,3)15-4/h11-12H,5-9H2,1-4H3. The first-order chi connectivity index (χ1) is 7.33. The molecule has 0 rings (SSSR count). The quantitative estimate of drug-likeness (QED) is 0.580. The van der Waals surface area contributed by atoms with Crippen LogP contribution in [0, 0.1) is 0 Å². The summed E-state index contributed by atoms with van der Waals surface area (Å²) in [6.45, 7) is 7.44. The highest BCUT2D eigenvalue weighted by Gasteiger charge is 2.15. The summed E-state index contributed by atoms with van der Waals surface area (Å²) in [7, 11) is -1.42. The molecule has 0 aromatic carbocycles. The second-order valence-corrected chi connectivity index (χ2v) is 6.21. The Morgan fingerprint density at radius 1 is 1.25 bits per heavy atom. The van der Waals surface area contributed by atoms with Crippen molar-refractivity contribution in [2.24, 2.45) is 0 Å². The van der Waals surface area contributed by atoms with Crippen LogP contribution in [0.1, 0.15) is 27.2 Å². The van der Waals surface area contributed by atoms with E-state index in [-0.39, 0.29) is 11.4 Å². The van der Waals surface area contributed by atoms with Crippen LogP contribution >= 0.6 is 0 Å². The topological polar surface area (TPSA) is 67.4 Å². The molecule has 0 bridgehead atoms. The summed E-state index contributed by atoms with van der Waals surface area (Å²) in [5, 5.41) is 3.09. The Morgan fingerprint density at radius 2 is 1.88 bits per heavy atom. The van der Waals surface area contributed by atoms with Gasteiger partial charge in [0.2, 0.25) is 10.0 Å². The zero-order valence-corrected chi connectivity index (χ0v) is 11.5. The molecule has 98 valence electrons. The third kappa shape index (κ3) is 8.04. The van der Waals surface area contributed by atoms with Crippen LogP contribution in [0.25, 0.3) is 0 Å². The molecule has 0 aliphatic rings. The van der Waals surface area contributed by atoms with Crippen molar-refractivity contribution in [1.29, 1.82) is 0 Å². The van der Waals surface area contributed by atoms with E-state index in [9.17, 15) is 8.42 Å². The highest BCUT2D eigenvalue weighted by Crippen LogP contribution is 2.10. The average Bonchev–Trinajstić information content (AvgIpc) is 2.17. The third-order valence-electron chi connectivity index (χ3n) is 2.37. The van der Waals surface area contributed by atoms with E-state index in [4.69, 9.17) is 4.74 Å². The van der Waals surface area contributed by atoms with Crippen LogP contribution in [-0.4, -0.2) is 46.5 Å². The van der Waals surface area contributed by atoms with Crippen molar-refractivity contribution in [3.05, 3.63) is 0 Å². The van der Waals surface area contributed by atoms with Crippen LogP contribution in [0.15, 0.2) is 0 Å². The van der Waals surface area contributed by atoms with Crippen molar-refractivity contribution >= 4 is 10.0 Å². The molecule has 0 unspecified atom stereocenters. The molecule has 0 atom stereocenters. The molecule has 0 aromatic rings. The number of sulfonamides is 1.